The van der Waals surface area contributed by atoms with Gasteiger partial charge in [-0.05, 0) is 25.1 Å². The molecule has 2 aromatic heterocycles. The van der Waals surface area contributed by atoms with Crippen LogP contribution < -0.4 is 21.3 Å². The van der Waals surface area contributed by atoms with Crippen molar-refractivity contribution in [1.29, 1.82) is 0 Å². The maximum Gasteiger partial charge on any atom is 0.274 e. The minimum absolute atomic E-state index is 0.290. The molecule has 1 amide bonds. The Labute approximate surface area is 116 Å². The second kappa shape index (κ2) is 6.48. The number of carbonyl (C=O) groups excluding carboxylic acids is 1. The van der Waals surface area contributed by atoms with Crippen LogP contribution in [-0.4, -0.2) is 22.5 Å². The van der Waals surface area contributed by atoms with Crippen LogP contribution in [0.4, 0.5) is 11.4 Å². The van der Waals surface area contributed by atoms with E-state index in [0.29, 0.717) is 23.9 Å². The van der Waals surface area contributed by atoms with Crippen molar-refractivity contribution >= 4 is 17.3 Å². The number of hydrazine groups is 1. The van der Waals surface area contributed by atoms with Crippen LogP contribution in [0, 0.1) is 0 Å². The zero-order chi connectivity index (χ0) is 14.4. The van der Waals surface area contributed by atoms with Gasteiger partial charge in [-0.25, -0.2) is 9.97 Å². The number of amides is 1. The summed E-state index contributed by atoms with van der Waals surface area (Å²) < 4.78 is 5.22. The van der Waals surface area contributed by atoms with Crippen molar-refractivity contribution < 1.29 is 9.53 Å². The number of ether oxygens (including phenoxy) is 1. The number of pyridine rings is 2. The average Bonchev–Trinajstić information content (AvgIpc) is 2.49. The van der Waals surface area contributed by atoms with Crippen molar-refractivity contribution in [3.8, 4) is 5.88 Å². The molecule has 0 saturated heterocycles. The molecule has 0 aliphatic heterocycles. The van der Waals surface area contributed by atoms with Crippen molar-refractivity contribution in [2.75, 3.05) is 17.3 Å². The lowest BCUT2D eigenvalue weighted by Gasteiger charge is -2.06. The predicted octanol–water partition coefficient (Wildman–Crippen LogP) is 1.41. The number of nitrogen functional groups attached to an aromatic ring is 1. The topological polar surface area (TPSA) is 102 Å². The molecular formula is C13H15N5O2. The number of hydrogen-bond donors (Lipinski definition) is 3. The number of carbonyl (C=O) groups is 1. The lowest BCUT2D eigenvalue weighted by Crippen LogP contribution is -2.14. The molecule has 104 valence electrons. The van der Waals surface area contributed by atoms with Crippen molar-refractivity contribution in [2.24, 2.45) is 5.84 Å². The third-order valence-corrected chi connectivity index (χ3v) is 2.45. The number of nitrogens with two attached hydrogens (primary N) is 1. The van der Waals surface area contributed by atoms with Gasteiger partial charge in [-0.2, -0.15) is 0 Å². The summed E-state index contributed by atoms with van der Waals surface area (Å²) in [5, 5.41) is 2.69. The van der Waals surface area contributed by atoms with Crippen LogP contribution in [0.5, 0.6) is 5.88 Å². The van der Waals surface area contributed by atoms with Gasteiger partial charge in [0, 0.05) is 6.07 Å². The summed E-state index contributed by atoms with van der Waals surface area (Å²) in [5.74, 6) is 5.42. The molecular weight excluding hydrogens is 258 g/mol. The minimum atomic E-state index is -0.320. The van der Waals surface area contributed by atoms with E-state index in [4.69, 9.17) is 10.6 Å². The number of hydrogen-bond acceptors (Lipinski definition) is 6. The summed E-state index contributed by atoms with van der Waals surface area (Å²) in [4.78, 5) is 20.0. The summed E-state index contributed by atoms with van der Waals surface area (Å²) in [7, 11) is 0. The minimum Gasteiger partial charge on any atom is -0.478 e. The molecule has 0 spiro atoms. The molecule has 0 atom stereocenters. The molecule has 0 aromatic carbocycles. The van der Waals surface area contributed by atoms with Gasteiger partial charge in [-0.3, -0.25) is 10.6 Å². The standard InChI is InChI=1S/C13H15N5O2/c1-2-20-12-6-4-9(7-16-12)17-13(19)11-5-3-10(18-14)8-15-11/h3-8,18H,2,14H2,1H3,(H,17,19). The Bertz CT molecular complexity index is 568. The van der Waals surface area contributed by atoms with E-state index >= 15 is 0 Å². The number of rotatable bonds is 5. The van der Waals surface area contributed by atoms with Gasteiger partial charge in [-0.1, -0.05) is 0 Å². The molecule has 7 heteroatoms. The van der Waals surface area contributed by atoms with Crippen LogP contribution in [-0.2, 0) is 0 Å². The summed E-state index contributed by atoms with van der Waals surface area (Å²) in [6, 6.07) is 6.64. The lowest BCUT2D eigenvalue weighted by atomic mass is 10.3. The summed E-state index contributed by atoms with van der Waals surface area (Å²) in [6.07, 6.45) is 3.00. The Morgan fingerprint density at radius 1 is 1.20 bits per heavy atom. The molecule has 0 radical (unpaired) electrons. The van der Waals surface area contributed by atoms with Crippen molar-refractivity contribution in [3.05, 3.63) is 42.4 Å². The first-order valence-corrected chi connectivity index (χ1v) is 6.06. The molecule has 7 nitrogen and oxygen atoms in total. The molecule has 0 saturated carbocycles. The Kier molecular flexibility index (Phi) is 4.46. The fraction of sp³-hybridized carbons (Fsp3) is 0.154. The molecule has 0 aliphatic carbocycles. The lowest BCUT2D eigenvalue weighted by molar-refractivity contribution is 0.102. The number of nitrogens with one attached hydrogen (secondary N) is 2. The molecule has 0 fully saturated rings. The van der Waals surface area contributed by atoms with Gasteiger partial charge in [0.25, 0.3) is 5.91 Å². The van der Waals surface area contributed by atoms with E-state index in [-0.39, 0.29) is 11.6 Å². The summed E-state index contributed by atoms with van der Waals surface area (Å²) >= 11 is 0. The van der Waals surface area contributed by atoms with Crippen LogP contribution in [0.25, 0.3) is 0 Å². The summed E-state index contributed by atoms with van der Waals surface area (Å²) in [5.41, 5.74) is 3.93. The van der Waals surface area contributed by atoms with Gasteiger partial charge in [0.2, 0.25) is 5.88 Å². The SMILES string of the molecule is CCOc1ccc(NC(=O)c2ccc(NN)cn2)cn1. The average molecular weight is 273 g/mol. The first kappa shape index (κ1) is 13.8. The van der Waals surface area contributed by atoms with E-state index in [9.17, 15) is 4.79 Å². The van der Waals surface area contributed by atoms with Gasteiger partial charge in [0.1, 0.15) is 5.69 Å². The quantitative estimate of drug-likeness (QED) is 0.562. The molecule has 0 unspecified atom stereocenters. The highest BCUT2D eigenvalue weighted by Crippen LogP contribution is 2.13. The normalized spacial score (nSPS) is 9.90. The Morgan fingerprint density at radius 2 is 1.95 bits per heavy atom. The van der Waals surface area contributed by atoms with Crippen molar-refractivity contribution in [1.82, 2.24) is 9.97 Å². The monoisotopic (exact) mass is 273 g/mol. The van der Waals surface area contributed by atoms with Crippen LogP contribution in [0.2, 0.25) is 0 Å². The van der Waals surface area contributed by atoms with E-state index in [1.807, 2.05) is 6.92 Å². The second-order valence-electron chi connectivity index (χ2n) is 3.85. The molecule has 0 bridgehead atoms. The molecule has 4 N–H and O–H groups in total. The summed E-state index contributed by atoms with van der Waals surface area (Å²) in [6.45, 7) is 2.42. The fourth-order valence-electron chi connectivity index (χ4n) is 1.50. The maximum absolute atomic E-state index is 11.9. The van der Waals surface area contributed by atoms with Gasteiger partial charge in [-0.15, -0.1) is 0 Å². The molecule has 20 heavy (non-hydrogen) atoms. The Hall–Kier alpha value is -2.67. The smallest absolute Gasteiger partial charge is 0.274 e. The number of aromatic nitrogens is 2. The number of nitrogens with zero attached hydrogens (tertiary/aromatic N) is 2. The Balaban J connectivity index is 2.02. The van der Waals surface area contributed by atoms with Crippen molar-refractivity contribution in [2.45, 2.75) is 6.92 Å². The highest BCUT2D eigenvalue weighted by atomic mass is 16.5. The van der Waals surface area contributed by atoms with E-state index in [1.54, 1.807) is 24.3 Å². The predicted molar refractivity (Wildman–Crippen MR) is 75.4 cm³/mol. The van der Waals surface area contributed by atoms with Crippen molar-refractivity contribution in [3.63, 3.8) is 0 Å². The van der Waals surface area contributed by atoms with E-state index in [0.717, 1.165) is 0 Å². The zero-order valence-corrected chi connectivity index (χ0v) is 11.0. The fourth-order valence-corrected chi connectivity index (χ4v) is 1.50. The van der Waals surface area contributed by atoms with Gasteiger partial charge >= 0.3 is 0 Å². The maximum atomic E-state index is 11.9. The molecule has 2 heterocycles. The van der Waals surface area contributed by atoms with E-state index in [2.05, 4.69) is 20.7 Å². The largest absolute Gasteiger partial charge is 0.478 e. The third kappa shape index (κ3) is 3.42. The van der Waals surface area contributed by atoms with Crippen LogP contribution in [0.1, 0.15) is 17.4 Å². The van der Waals surface area contributed by atoms with Crippen LogP contribution >= 0.6 is 0 Å². The van der Waals surface area contributed by atoms with Gasteiger partial charge in [0.15, 0.2) is 0 Å². The first-order chi connectivity index (χ1) is 9.72. The first-order valence-electron chi connectivity index (χ1n) is 6.06. The van der Waals surface area contributed by atoms with Gasteiger partial charge < -0.3 is 15.5 Å². The van der Waals surface area contributed by atoms with Crippen LogP contribution in [0.15, 0.2) is 36.7 Å². The molecule has 0 aliphatic rings. The molecule has 2 aromatic rings. The van der Waals surface area contributed by atoms with Gasteiger partial charge in [0.05, 0.1) is 30.4 Å². The number of anilines is 2. The van der Waals surface area contributed by atoms with Crippen LogP contribution in [0.3, 0.4) is 0 Å². The second-order valence-corrected chi connectivity index (χ2v) is 3.85. The zero-order valence-electron chi connectivity index (χ0n) is 11.0. The van der Waals surface area contributed by atoms with E-state index < -0.39 is 0 Å². The third-order valence-electron chi connectivity index (χ3n) is 2.45. The highest BCUT2D eigenvalue weighted by molar-refractivity contribution is 6.02. The Morgan fingerprint density at radius 3 is 2.50 bits per heavy atom. The van der Waals surface area contributed by atoms with E-state index in [1.165, 1.54) is 12.4 Å². The highest BCUT2D eigenvalue weighted by Gasteiger charge is 2.07. The molecule has 2 rings (SSSR count).